The summed E-state index contributed by atoms with van der Waals surface area (Å²) in [4.78, 5) is 1.99. The normalized spacial score (nSPS) is 12.6. The van der Waals surface area contributed by atoms with Gasteiger partial charge in [-0.25, -0.2) is 0 Å². The fraction of sp³-hybridized carbons (Fsp3) is 0.286. The Kier molecular flexibility index (Phi) is 4.47. The van der Waals surface area contributed by atoms with Gasteiger partial charge < -0.3 is 14.6 Å². The van der Waals surface area contributed by atoms with Gasteiger partial charge in [0.15, 0.2) is 0 Å². The number of benzene rings is 1. The van der Waals surface area contributed by atoms with E-state index in [9.17, 15) is 5.11 Å². The van der Waals surface area contributed by atoms with Gasteiger partial charge in [-0.1, -0.05) is 29.5 Å². The Morgan fingerprint density at radius 3 is 2.61 bits per heavy atom. The summed E-state index contributed by atoms with van der Waals surface area (Å²) in [7, 11) is 0. The van der Waals surface area contributed by atoms with Crippen molar-refractivity contribution in [3.05, 3.63) is 47.9 Å². The minimum absolute atomic E-state index is 0.0590. The zero-order valence-corrected chi connectivity index (χ0v) is 11.0. The van der Waals surface area contributed by atoms with Gasteiger partial charge in [-0.05, 0) is 25.1 Å². The third-order valence-corrected chi connectivity index (χ3v) is 3.68. The summed E-state index contributed by atoms with van der Waals surface area (Å²) in [5, 5.41) is 18.7. The van der Waals surface area contributed by atoms with Crippen molar-refractivity contribution in [3.63, 3.8) is 0 Å². The van der Waals surface area contributed by atoms with Crippen LogP contribution in [0.3, 0.4) is 0 Å². The summed E-state index contributed by atoms with van der Waals surface area (Å²) in [5.41, 5.74) is 1.21. The summed E-state index contributed by atoms with van der Waals surface area (Å²) < 4.78 is 5.29. The molecule has 0 aliphatic rings. The van der Waals surface area contributed by atoms with Gasteiger partial charge in [0.05, 0.1) is 11.2 Å². The lowest BCUT2D eigenvalue weighted by Crippen LogP contribution is -1.99. The van der Waals surface area contributed by atoms with Crippen LogP contribution in [0, 0.1) is 6.92 Å². The summed E-state index contributed by atoms with van der Waals surface area (Å²) in [6.07, 6.45) is 1.10. The van der Waals surface area contributed by atoms with Crippen LogP contribution in [0.15, 0.2) is 50.8 Å². The maximum absolute atomic E-state index is 9.85. The molecule has 18 heavy (non-hydrogen) atoms. The number of hydrogen-bond acceptors (Lipinski definition) is 4. The molecule has 0 bridgehead atoms. The molecule has 2 rings (SSSR count). The van der Waals surface area contributed by atoms with Crippen molar-refractivity contribution in [2.24, 2.45) is 0 Å². The number of aliphatic hydroxyl groups is 2. The largest absolute Gasteiger partial charge is 0.465 e. The van der Waals surface area contributed by atoms with E-state index in [-0.39, 0.29) is 13.0 Å². The SMILES string of the molecule is Cc1ccc(Sc2ccoc2[C@@H](O)CCO)cc1. The second kappa shape index (κ2) is 6.09. The van der Waals surface area contributed by atoms with E-state index >= 15 is 0 Å². The zero-order chi connectivity index (χ0) is 13.0. The lowest BCUT2D eigenvalue weighted by Gasteiger charge is -2.08. The van der Waals surface area contributed by atoms with Crippen LogP contribution >= 0.6 is 11.8 Å². The standard InChI is InChI=1S/C14H16O3S/c1-10-2-4-11(5-3-10)18-13-7-9-17-14(13)12(16)6-8-15/h2-5,7,9,12,15-16H,6,8H2,1H3/t12-/m0/s1. The highest BCUT2D eigenvalue weighted by atomic mass is 32.2. The van der Waals surface area contributed by atoms with Crippen molar-refractivity contribution in [1.82, 2.24) is 0 Å². The second-order valence-electron chi connectivity index (χ2n) is 4.09. The van der Waals surface area contributed by atoms with Crippen molar-refractivity contribution in [2.45, 2.75) is 29.2 Å². The van der Waals surface area contributed by atoms with E-state index in [0.29, 0.717) is 5.76 Å². The number of rotatable bonds is 5. The Morgan fingerprint density at radius 2 is 1.94 bits per heavy atom. The van der Waals surface area contributed by atoms with E-state index < -0.39 is 6.10 Å². The predicted molar refractivity (Wildman–Crippen MR) is 70.7 cm³/mol. The molecule has 0 aliphatic carbocycles. The lowest BCUT2D eigenvalue weighted by atomic mass is 10.2. The maximum Gasteiger partial charge on any atom is 0.146 e. The Labute approximate surface area is 110 Å². The van der Waals surface area contributed by atoms with Crippen LogP contribution in [0.1, 0.15) is 23.8 Å². The number of hydrogen-bond donors (Lipinski definition) is 2. The van der Waals surface area contributed by atoms with Crippen molar-refractivity contribution >= 4 is 11.8 Å². The minimum atomic E-state index is -0.752. The second-order valence-corrected chi connectivity index (χ2v) is 5.21. The van der Waals surface area contributed by atoms with E-state index in [1.54, 1.807) is 18.0 Å². The van der Waals surface area contributed by atoms with E-state index in [1.807, 2.05) is 37.3 Å². The Balaban J connectivity index is 2.14. The highest BCUT2D eigenvalue weighted by Crippen LogP contribution is 2.35. The summed E-state index contributed by atoms with van der Waals surface area (Å²) in [6, 6.07) is 10.0. The molecular formula is C14H16O3S. The third-order valence-electron chi connectivity index (χ3n) is 2.61. The molecule has 3 nitrogen and oxygen atoms in total. The summed E-state index contributed by atoms with van der Waals surface area (Å²) in [6.45, 7) is 1.99. The van der Waals surface area contributed by atoms with Crippen LogP contribution in [0.25, 0.3) is 0 Å². The molecule has 0 fully saturated rings. The van der Waals surface area contributed by atoms with E-state index in [4.69, 9.17) is 9.52 Å². The van der Waals surface area contributed by atoms with Gasteiger partial charge in [-0.3, -0.25) is 0 Å². The molecule has 1 atom stereocenters. The zero-order valence-electron chi connectivity index (χ0n) is 10.2. The molecule has 2 N–H and O–H groups in total. The fourth-order valence-electron chi connectivity index (χ4n) is 1.62. The molecule has 0 spiro atoms. The van der Waals surface area contributed by atoms with Crippen LogP contribution < -0.4 is 0 Å². The van der Waals surface area contributed by atoms with Crippen LogP contribution in [0.2, 0.25) is 0 Å². The monoisotopic (exact) mass is 264 g/mol. The minimum Gasteiger partial charge on any atom is -0.465 e. The van der Waals surface area contributed by atoms with Gasteiger partial charge in [0.2, 0.25) is 0 Å². The molecule has 0 unspecified atom stereocenters. The number of furan rings is 1. The maximum atomic E-state index is 9.85. The van der Waals surface area contributed by atoms with Crippen LogP contribution in [0.4, 0.5) is 0 Å². The Hall–Kier alpha value is -1.23. The molecule has 4 heteroatoms. The first-order valence-corrected chi connectivity index (χ1v) is 6.63. The molecule has 0 aliphatic heterocycles. The number of aryl methyl sites for hydroxylation is 1. The molecular weight excluding hydrogens is 248 g/mol. The first-order chi connectivity index (χ1) is 8.70. The average molecular weight is 264 g/mol. The Bertz CT molecular complexity index is 490. The van der Waals surface area contributed by atoms with Crippen molar-refractivity contribution in [1.29, 1.82) is 0 Å². The van der Waals surface area contributed by atoms with Crippen molar-refractivity contribution < 1.29 is 14.6 Å². The summed E-state index contributed by atoms with van der Waals surface area (Å²) >= 11 is 1.55. The molecule has 96 valence electrons. The molecule has 1 heterocycles. The highest BCUT2D eigenvalue weighted by molar-refractivity contribution is 7.99. The molecule has 0 radical (unpaired) electrons. The molecule has 0 amide bonds. The fourth-order valence-corrected chi connectivity index (χ4v) is 2.56. The van der Waals surface area contributed by atoms with Crippen molar-refractivity contribution in [3.8, 4) is 0 Å². The Morgan fingerprint density at radius 1 is 1.22 bits per heavy atom. The first-order valence-electron chi connectivity index (χ1n) is 5.81. The smallest absolute Gasteiger partial charge is 0.146 e. The molecule has 0 saturated carbocycles. The molecule has 1 aromatic heterocycles. The van der Waals surface area contributed by atoms with Gasteiger partial charge in [0.1, 0.15) is 11.9 Å². The highest BCUT2D eigenvalue weighted by Gasteiger charge is 2.16. The van der Waals surface area contributed by atoms with E-state index in [1.165, 1.54) is 5.56 Å². The van der Waals surface area contributed by atoms with E-state index in [0.717, 1.165) is 9.79 Å². The van der Waals surface area contributed by atoms with Gasteiger partial charge in [-0.15, -0.1) is 0 Å². The quantitative estimate of drug-likeness (QED) is 0.871. The van der Waals surface area contributed by atoms with Gasteiger partial charge >= 0.3 is 0 Å². The average Bonchev–Trinajstić information content (AvgIpc) is 2.81. The predicted octanol–water partition coefficient (Wildman–Crippen LogP) is 3.16. The molecule has 1 aromatic carbocycles. The van der Waals surface area contributed by atoms with E-state index in [2.05, 4.69) is 0 Å². The third kappa shape index (κ3) is 3.16. The van der Waals surface area contributed by atoms with Crippen LogP contribution in [0.5, 0.6) is 0 Å². The van der Waals surface area contributed by atoms with Gasteiger partial charge in [0, 0.05) is 17.9 Å². The molecule has 0 saturated heterocycles. The lowest BCUT2D eigenvalue weighted by molar-refractivity contribution is 0.110. The van der Waals surface area contributed by atoms with Gasteiger partial charge in [-0.2, -0.15) is 0 Å². The summed E-state index contributed by atoms with van der Waals surface area (Å²) in [5.74, 6) is 0.523. The van der Waals surface area contributed by atoms with Crippen molar-refractivity contribution in [2.75, 3.05) is 6.61 Å². The topological polar surface area (TPSA) is 53.6 Å². The first kappa shape index (κ1) is 13.2. The van der Waals surface area contributed by atoms with Crippen LogP contribution in [-0.4, -0.2) is 16.8 Å². The molecule has 2 aromatic rings. The van der Waals surface area contributed by atoms with Crippen LogP contribution in [-0.2, 0) is 0 Å². The number of aliphatic hydroxyl groups excluding tert-OH is 2. The van der Waals surface area contributed by atoms with Gasteiger partial charge in [0.25, 0.3) is 0 Å².